The van der Waals surface area contributed by atoms with Crippen LogP contribution >= 0.6 is 0 Å². The molecule has 1 aliphatic rings. The van der Waals surface area contributed by atoms with Gasteiger partial charge in [0.15, 0.2) is 0 Å². The number of benzene rings is 1. The average molecular weight is 281 g/mol. The zero-order valence-electron chi connectivity index (χ0n) is 12.1. The molecule has 1 aliphatic heterocycles. The van der Waals surface area contributed by atoms with Crippen LogP contribution in [0.25, 0.3) is 0 Å². The van der Waals surface area contributed by atoms with E-state index in [1.165, 1.54) is 5.56 Å². The predicted molar refractivity (Wildman–Crippen MR) is 80.0 cm³/mol. The van der Waals surface area contributed by atoms with Crippen LogP contribution in [0.15, 0.2) is 24.3 Å². The van der Waals surface area contributed by atoms with Gasteiger partial charge in [0, 0.05) is 33.9 Å². The second-order valence-corrected chi connectivity index (χ2v) is 7.57. The number of rotatable bonds is 3. The lowest BCUT2D eigenvalue weighted by atomic mass is 10.0. The van der Waals surface area contributed by atoms with E-state index in [0.717, 1.165) is 11.5 Å². The fourth-order valence-corrected chi connectivity index (χ4v) is 4.09. The summed E-state index contributed by atoms with van der Waals surface area (Å²) in [6.07, 6.45) is 0.185. The fourth-order valence-electron chi connectivity index (χ4n) is 2.43. The Labute approximate surface area is 118 Å². The molecule has 0 amide bonds. The lowest BCUT2D eigenvalue weighted by Gasteiger charge is -2.36. The van der Waals surface area contributed by atoms with Crippen molar-refractivity contribution in [3.63, 3.8) is 0 Å². The fraction of sp³-hybridized carbons (Fsp3) is 0.600. The van der Waals surface area contributed by atoms with Crippen molar-refractivity contribution < 1.29 is 8.95 Å². The Morgan fingerprint density at radius 3 is 2.47 bits per heavy atom. The van der Waals surface area contributed by atoms with Crippen LogP contribution in [0.5, 0.6) is 5.75 Å². The van der Waals surface area contributed by atoms with E-state index in [9.17, 15) is 4.21 Å². The van der Waals surface area contributed by atoms with E-state index in [0.29, 0.717) is 5.75 Å². The molecule has 1 aromatic rings. The van der Waals surface area contributed by atoms with E-state index in [1.807, 2.05) is 26.0 Å². The lowest BCUT2D eigenvalue weighted by molar-refractivity contribution is 0.242. The van der Waals surface area contributed by atoms with Gasteiger partial charge in [0.05, 0.1) is 6.10 Å². The van der Waals surface area contributed by atoms with Crippen LogP contribution in [0.3, 0.4) is 0 Å². The Balaban J connectivity index is 2.11. The summed E-state index contributed by atoms with van der Waals surface area (Å²) in [6, 6.07) is 8.27. The third-order valence-corrected chi connectivity index (χ3v) is 4.84. The summed E-state index contributed by atoms with van der Waals surface area (Å²) in [5.41, 5.74) is 1.11. The zero-order chi connectivity index (χ0) is 14.0. The first-order chi connectivity index (χ1) is 8.85. The van der Waals surface area contributed by atoms with Crippen LogP contribution in [-0.4, -0.2) is 27.4 Å². The van der Waals surface area contributed by atoms with E-state index in [2.05, 4.69) is 31.3 Å². The van der Waals surface area contributed by atoms with Crippen molar-refractivity contribution in [1.29, 1.82) is 0 Å². The SMILES string of the molecule is CC(C)Oc1ccc(C2CS(=O)CC(C)(C)N2)cc1. The molecule has 0 bridgehead atoms. The van der Waals surface area contributed by atoms with Gasteiger partial charge in [0.25, 0.3) is 0 Å². The molecule has 2 rings (SSSR count). The Morgan fingerprint density at radius 2 is 1.95 bits per heavy atom. The van der Waals surface area contributed by atoms with Crippen LogP contribution in [0.2, 0.25) is 0 Å². The maximum absolute atomic E-state index is 11.9. The highest BCUT2D eigenvalue weighted by molar-refractivity contribution is 7.85. The molecule has 0 saturated carbocycles. The third kappa shape index (κ3) is 4.05. The molecule has 106 valence electrons. The molecule has 1 N–H and O–H groups in total. The minimum absolute atomic E-state index is 0.0686. The normalized spacial score (nSPS) is 26.4. The average Bonchev–Trinajstić information content (AvgIpc) is 2.26. The van der Waals surface area contributed by atoms with Gasteiger partial charge >= 0.3 is 0 Å². The number of ether oxygens (including phenoxy) is 1. The molecule has 0 aromatic heterocycles. The Kier molecular flexibility index (Phi) is 4.31. The molecular weight excluding hydrogens is 258 g/mol. The van der Waals surface area contributed by atoms with E-state index in [-0.39, 0.29) is 17.7 Å². The highest BCUT2D eigenvalue weighted by Gasteiger charge is 2.31. The summed E-state index contributed by atoms with van der Waals surface area (Å²) in [7, 11) is -0.748. The Hall–Kier alpha value is -0.870. The van der Waals surface area contributed by atoms with Gasteiger partial charge in [-0.2, -0.15) is 0 Å². The zero-order valence-corrected chi connectivity index (χ0v) is 12.9. The second kappa shape index (κ2) is 5.63. The van der Waals surface area contributed by atoms with Crippen LogP contribution in [0.4, 0.5) is 0 Å². The molecule has 19 heavy (non-hydrogen) atoms. The molecule has 2 atom stereocenters. The molecule has 1 fully saturated rings. The standard InChI is InChI=1S/C15H23NO2S/c1-11(2)18-13-7-5-12(6-8-13)14-9-19(17)10-15(3,4)16-14/h5-8,11,14,16H,9-10H2,1-4H3. The first-order valence-corrected chi connectivity index (χ1v) is 8.24. The Morgan fingerprint density at radius 1 is 1.32 bits per heavy atom. The van der Waals surface area contributed by atoms with Gasteiger partial charge < -0.3 is 10.1 Å². The van der Waals surface area contributed by atoms with Gasteiger partial charge in [-0.05, 0) is 45.4 Å². The predicted octanol–water partition coefficient (Wildman–Crippen LogP) is 2.65. The maximum atomic E-state index is 11.9. The molecule has 2 unspecified atom stereocenters. The summed E-state index contributed by atoms with van der Waals surface area (Å²) in [4.78, 5) is 0. The molecule has 0 radical (unpaired) electrons. The minimum Gasteiger partial charge on any atom is -0.491 e. The van der Waals surface area contributed by atoms with E-state index in [1.54, 1.807) is 0 Å². The van der Waals surface area contributed by atoms with E-state index >= 15 is 0 Å². The smallest absolute Gasteiger partial charge is 0.119 e. The second-order valence-electron chi connectivity index (χ2n) is 6.07. The largest absolute Gasteiger partial charge is 0.491 e. The van der Waals surface area contributed by atoms with Crippen LogP contribution in [0.1, 0.15) is 39.3 Å². The van der Waals surface area contributed by atoms with E-state index in [4.69, 9.17) is 4.74 Å². The summed E-state index contributed by atoms with van der Waals surface area (Å²) in [5.74, 6) is 2.29. The van der Waals surface area contributed by atoms with Gasteiger partial charge in [-0.15, -0.1) is 0 Å². The third-order valence-electron chi connectivity index (χ3n) is 3.09. The number of hydrogen-bond donors (Lipinski definition) is 1. The summed E-state index contributed by atoms with van der Waals surface area (Å²) >= 11 is 0. The van der Waals surface area contributed by atoms with Gasteiger partial charge in [0.2, 0.25) is 0 Å². The van der Waals surface area contributed by atoms with Crippen molar-refractivity contribution in [2.24, 2.45) is 0 Å². The quantitative estimate of drug-likeness (QED) is 0.925. The lowest BCUT2D eigenvalue weighted by Crippen LogP contribution is -2.52. The molecule has 0 spiro atoms. The summed E-state index contributed by atoms with van der Waals surface area (Å²) < 4.78 is 17.6. The molecule has 3 nitrogen and oxygen atoms in total. The molecule has 1 saturated heterocycles. The highest BCUT2D eigenvalue weighted by Crippen LogP contribution is 2.25. The van der Waals surface area contributed by atoms with Crippen molar-refractivity contribution in [1.82, 2.24) is 5.32 Å². The monoisotopic (exact) mass is 281 g/mol. The van der Waals surface area contributed by atoms with Crippen molar-refractivity contribution in [2.75, 3.05) is 11.5 Å². The number of nitrogens with one attached hydrogen (secondary N) is 1. The summed E-state index contributed by atoms with van der Waals surface area (Å²) in [5, 5.41) is 3.57. The highest BCUT2D eigenvalue weighted by atomic mass is 32.2. The van der Waals surface area contributed by atoms with Crippen molar-refractivity contribution in [3.05, 3.63) is 29.8 Å². The summed E-state index contributed by atoms with van der Waals surface area (Å²) in [6.45, 7) is 8.24. The molecule has 0 aliphatic carbocycles. The number of hydrogen-bond acceptors (Lipinski definition) is 3. The molecule has 4 heteroatoms. The molecule has 1 heterocycles. The van der Waals surface area contributed by atoms with Gasteiger partial charge in [0.1, 0.15) is 5.75 Å². The first kappa shape index (κ1) is 14.5. The van der Waals surface area contributed by atoms with Crippen LogP contribution in [0, 0.1) is 0 Å². The minimum atomic E-state index is -0.748. The molecule has 1 aromatic carbocycles. The van der Waals surface area contributed by atoms with Gasteiger partial charge in [-0.25, -0.2) is 0 Å². The maximum Gasteiger partial charge on any atom is 0.119 e. The van der Waals surface area contributed by atoms with Crippen molar-refractivity contribution in [3.8, 4) is 5.75 Å². The van der Waals surface area contributed by atoms with Crippen LogP contribution < -0.4 is 10.1 Å². The van der Waals surface area contributed by atoms with Crippen molar-refractivity contribution in [2.45, 2.75) is 45.4 Å². The van der Waals surface area contributed by atoms with Crippen LogP contribution in [-0.2, 0) is 10.8 Å². The molecular formula is C15H23NO2S. The first-order valence-electron chi connectivity index (χ1n) is 6.75. The Bertz CT molecular complexity index is 454. The van der Waals surface area contributed by atoms with Gasteiger partial charge in [-0.1, -0.05) is 12.1 Å². The topological polar surface area (TPSA) is 38.3 Å². The van der Waals surface area contributed by atoms with E-state index < -0.39 is 10.8 Å². The van der Waals surface area contributed by atoms with Crippen molar-refractivity contribution >= 4 is 10.8 Å². The van der Waals surface area contributed by atoms with Gasteiger partial charge in [-0.3, -0.25) is 4.21 Å².